The predicted molar refractivity (Wildman–Crippen MR) is 107 cm³/mol. The molecule has 0 saturated carbocycles. The van der Waals surface area contributed by atoms with Crippen molar-refractivity contribution in [3.8, 4) is 11.5 Å². The van der Waals surface area contributed by atoms with Gasteiger partial charge in [-0.1, -0.05) is 22.7 Å². The number of anilines is 2. The molecule has 0 atom stereocenters. The van der Waals surface area contributed by atoms with Gasteiger partial charge in [0.05, 0.1) is 47.3 Å². The highest BCUT2D eigenvalue weighted by atomic mass is 32.1. The Morgan fingerprint density at radius 1 is 0.889 bits per heavy atom. The Morgan fingerprint density at radius 3 is 2.19 bits per heavy atom. The number of hydrogen-bond donors (Lipinski definition) is 1. The molecule has 0 saturated heterocycles. The molecular formula is C18H15N3O4S2. The lowest BCUT2D eigenvalue weighted by Crippen LogP contribution is -1.99. The van der Waals surface area contributed by atoms with Crippen molar-refractivity contribution in [2.75, 3.05) is 26.6 Å². The third-order valence-electron chi connectivity index (χ3n) is 3.92. The van der Waals surface area contributed by atoms with Crippen molar-refractivity contribution in [2.45, 2.75) is 0 Å². The Labute approximate surface area is 162 Å². The summed E-state index contributed by atoms with van der Waals surface area (Å²) in [6.45, 7) is 0. The molecule has 0 aliphatic heterocycles. The zero-order valence-electron chi connectivity index (χ0n) is 14.7. The molecule has 7 nitrogen and oxygen atoms in total. The molecule has 0 radical (unpaired) electrons. The smallest absolute Gasteiger partial charge is 0.337 e. The van der Waals surface area contributed by atoms with E-state index >= 15 is 0 Å². The highest BCUT2D eigenvalue weighted by Crippen LogP contribution is 2.37. The van der Waals surface area contributed by atoms with E-state index in [4.69, 9.17) is 14.2 Å². The number of methoxy groups -OCH3 is 3. The van der Waals surface area contributed by atoms with E-state index < -0.39 is 0 Å². The van der Waals surface area contributed by atoms with E-state index in [9.17, 15) is 4.79 Å². The minimum Gasteiger partial charge on any atom is -0.493 e. The average Bonchev–Trinajstić information content (AvgIpc) is 3.27. The standard InChI is InChI=1S/C18H15N3O4S2/c1-23-12-7-11-15(8-13(12)24-2)27-18(20-11)21-17-19-10-5-4-9(16(22)25-3)6-14(10)26-17/h4-8H,1-3H3,(H,19,20,21). The number of rotatable bonds is 5. The number of nitrogens with zero attached hydrogens (tertiary/aromatic N) is 2. The van der Waals surface area contributed by atoms with Gasteiger partial charge < -0.3 is 19.5 Å². The van der Waals surface area contributed by atoms with Crippen molar-refractivity contribution in [1.29, 1.82) is 0 Å². The maximum atomic E-state index is 11.7. The van der Waals surface area contributed by atoms with Crippen molar-refractivity contribution in [3.63, 3.8) is 0 Å². The molecule has 1 N–H and O–H groups in total. The molecule has 0 spiro atoms. The number of nitrogens with one attached hydrogen (secondary N) is 1. The molecule has 0 fully saturated rings. The van der Waals surface area contributed by atoms with Crippen LogP contribution in [0.3, 0.4) is 0 Å². The Balaban J connectivity index is 1.66. The van der Waals surface area contributed by atoms with E-state index in [-0.39, 0.29) is 5.97 Å². The van der Waals surface area contributed by atoms with Gasteiger partial charge in [0.2, 0.25) is 0 Å². The van der Waals surface area contributed by atoms with Crippen LogP contribution in [0.15, 0.2) is 30.3 Å². The molecule has 2 aromatic heterocycles. The van der Waals surface area contributed by atoms with Crippen LogP contribution in [0, 0.1) is 0 Å². The first kappa shape index (κ1) is 17.5. The molecule has 2 aromatic carbocycles. The normalized spacial score (nSPS) is 10.9. The fourth-order valence-electron chi connectivity index (χ4n) is 2.62. The largest absolute Gasteiger partial charge is 0.493 e. The van der Waals surface area contributed by atoms with Crippen LogP contribution in [0.5, 0.6) is 11.5 Å². The van der Waals surface area contributed by atoms with Crippen LogP contribution in [0.1, 0.15) is 10.4 Å². The van der Waals surface area contributed by atoms with Gasteiger partial charge in [0.15, 0.2) is 21.8 Å². The summed E-state index contributed by atoms with van der Waals surface area (Å²) in [4.78, 5) is 20.8. The van der Waals surface area contributed by atoms with Gasteiger partial charge in [0.25, 0.3) is 0 Å². The minimum absolute atomic E-state index is 0.367. The number of esters is 1. The molecule has 0 aliphatic carbocycles. The van der Waals surface area contributed by atoms with E-state index in [2.05, 4.69) is 15.3 Å². The monoisotopic (exact) mass is 401 g/mol. The quantitative estimate of drug-likeness (QED) is 0.495. The molecule has 0 unspecified atom stereocenters. The maximum Gasteiger partial charge on any atom is 0.337 e. The highest BCUT2D eigenvalue weighted by Gasteiger charge is 2.13. The van der Waals surface area contributed by atoms with Crippen LogP contribution >= 0.6 is 22.7 Å². The topological polar surface area (TPSA) is 82.6 Å². The number of hydrogen-bond acceptors (Lipinski definition) is 9. The summed E-state index contributed by atoms with van der Waals surface area (Å²) in [6, 6.07) is 9.03. The number of thiazole rings is 2. The van der Waals surface area contributed by atoms with Gasteiger partial charge in [-0.3, -0.25) is 0 Å². The predicted octanol–water partition coefficient (Wildman–Crippen LogP) is 4.45. The molecule has 0 aliphatic rings. The number of carbonyl (C=O) groups excluding carboxylic acids is 1. The number of aromatic nitrogens is 2. The number of benzene rings is 2. The van der Waals surface area contributed by atoms with Gasteiger partial charge >= 0.3 is 5.97 Å². The SMILES string of the molecule is COC(=O)c1ccc2nc(Nc3nc4cc(OC)c(OC)cc4s3)sc2c1. The Morgan fingerprint density at radius 2 is 1.52 bits per heavy atom. The molecular weight excluding hydrogens is 386 g/mol. The van der Waals surface area contributed by atoms with Crippen LogP contribution in [0.2, 0.25) is 0 Å². The van der Waals surface area contributed by atoms with Crippen molar-refractivity contribution in [1.82, 2.24) is 9.97 Å². The Hall–Kier alpha value is -2.91. The van der Waals surface area contributed by atoms with Gasteiger partial charge in [-0.25, -0.2) is 14.8 Å². The van der Waals surface area contributed by atoms with Crippen LogP contribution in [-0.4, -0.2) is 37.3 Å². The number of ether oxygens (including phenoxy) is 3. The number of fused-ring (bicyclic) bond motifs is 2. The zero-order chi connectivity index (χ0) is 19.0. The van der Waals surface area contributed by atoms with Crippen molar-refractivity contribution < 1.29 is 19.0 Å². The molecule has 0 amide bonds. The van der Waals surface area contributed by atoms with Crippen molar-refractivity contribution in [3.05, 3.63) is 35.9 Å². The molecule has 9 heteroatoms. The third kappa shape index (κ3) is 3.26. The first-order valence-corrected chi connectivity index (χ1v) is 9.53. The molecule has 4 aromatic rings. The highest BCUT2D eigenvalue weighted by molar-refractivity contribution is 7.24. The van der Waals surface area contributed by atoms with E-state index in [1.54, 1.807) is 32.4 Å². The summed E-state index contributed by atoms with van der Waals surface area (Å²) in [7, 11) is 4.57. The molecule has 138 valence electrons. The summed E-state index contributed by atoms with van der Waals surface area (Å²) < 4.78 is 17.3. The lowest BCUT2D eigenvalue weighted by atomic mass is 10.2. The average molecular weight is 401 g/mol. The number of carbonyl (C=O) groups is 1. The van der Waals surface area contributed by atoms with Gasteiger partial charge in [-0.05, 0) is 18.2 Å². The first-order chi connectivity index (χ1) is 13.1. The lowest BCUT2D eigenvalue weighted by Gasteiger charge is -2.05. The third-order valence-corrected chi connectivity index (χ3v) is 5.78. The Kier molecular flexibility index (Phi) is 4.54. The lowest BCUT2D eigenvalue weighted by molar-refractivity contribution is 0.0601. The second-order valence-corrected chi connectivity index (χ2v) is 7.57. The fourth-order valence-corrected chi connectivity index (χ4v) is 4.47. The van der Waals surface area contributed by atoms with Gasteiger partial charge in [-0.2, -0.15) is 0 Å². The minimum atomic E-state index is -0.367. The van der Waals surface area contributed by atoms with E-state index in [1.165, 1.54) is 29.8 Å². The maximum absolute atomic E-state index is 11.7. The molecule has 2 heterocycles. The first-order valence-electron chi connectivity index (χ1n) is 7.89. The van der Waals surface area contributed by atoms with Gasteiger partial charge in [-0.15, -0.1) is 0 Å². The second-order valence-electron chi connectivity index (χ2n) is 5.51. The summed E-state index contributed by atoms with van der Waals surface area (Å²) in [5.74, 6) is 0.932. The van der Waals surface area contributed by atoms with Gasteiger partial charge in [0, 0.05) is 12.1 Å². The fraction of sp³-hybridized carbons (Fsp3) is 0.167. The zero-order valence-corrected chi connectivity index (χ0v) is 16.4. The van der Waals surface area contributed by atoms with Crippen LogP contribution < -0.4 is 14.8 Å². The van der Waals surface area contributed by atoms with Crippen LogP contribution in [0.4, 0.5) is 10.3 Å². The summed E-state index contributed by atoms with van der Waals surface area (Å²) in [6.07, 6.45) is 0. The van der Waals surface area contributed by atoms with Crippen molar-refractivity contribution >= 4 is 59.3 Å². The van der Waals surface area contributed by atoms with E-state index in [1.807, 2.05) is 12.1 Å². The van der Waals surface area contributed by atoms with Crippen LogP contribution in [0.25, 0.3) is 20.4 Å². The summed E-state index contributed by atoms with van der Waals surface area (Å²) in [5, 5.41) is 4.65. The summed E-state index contributed by atoms with van der Waals surface area (Å²) in [5.41, 5.74) is 2.12. The molecule has 4 rings (SSSR count). The molecule has 0 bridgehead atoms. The van der Waals surface area contributed by atoms with E-state index in [0.29, 0.717) is 27.3 Å². The van der Waals surface area contributed by atoms with Crippen LogP contribution in [-0.2, 0) is 4.74 Å². The van der Waals surface area contributed by atoms with Crippen molar-refractivity contribution in [2.24, 2.45) is 0 Å². The van der Waals surface area contributed by atoms with E-state index in [0.717, 1.165) is 20.4 Å². The van der Waals surface area contributed by atoms with Gasteiger partial charge in [0.1, 0.15) is 0 Å². The summed E-state index contributed by atoms with van der Waals surface area (Å²) >= 11 is 2.94. The second kappa shape index (κ2) is 7.01. The Bertz CT molecular complexity index is 1110. The molecule has 27 heavy (non-hydrogen) atoms.